The Labute approximate surface area is 173 Å². The van der Waals surface area contributed by atoms with Gasteiger partial charge in [0.05, 0.1) is 4.91 Å². The van der Waals surface area contributed by atoms with Gasteiger partial charge in [-0.2, -0.15) is 0 Å². The summed E-state index contributed by atoms with van der Waals surface area (Å²) in [6.45, 7) is 0.692. The molecule has 0 spiro atoms. The molecule has 0 atom stereocenters. The minimum atomic E-state index is -1.13. The molecule has 0 aromatic heterocycles. The maximum absolute atomic E-state index is 12.6. The first kappa shape index (κ1) is 20.1. The van der Waals surface area contributed by atoms with Crippen LogP contribution in [0.2, 0.25) is 0 Å². The lowest BCUT2D eigenvalue weighted by Gasteiger charge is -2.14. The smallest absolute Gasteiger partial charge is 0.266 e. The molecule has 7 heteroatoms. The average Bonchev–Trinajstić information content (AvgIpc) is 2.95. The third-order valence-corrected chi connectivity index (χ3v) is 5.46. The number of hydrogen-bond acceptors (Lipinski definition) is 6. The number of hydrogen-bond donors (Lipinski definition) is 0. The van der Waals surface area contributed by atoms with Crippen molar-refractivity contribution in [2.75, 3.05) is 6.54 Å². The number of para-hydroxylation sites is 1. The molecule has 0 aliphatic carbocycles. The van der Waals surface area contributed by atoms with Gasteiger partial charge in [-0.1, -0.05) is 72.5 Å². The van der Waals surface area contributed by atoms with Crippen LogP contribution >= 0.6 is 24.0 Å². The Morgan fingerprint density at radius 3 is 2.61 bits per heavy atom. The second-order valence-electron chi connectivity index (χ2n) is 6.12. The highest BCUT2D eigenvalue weighted by molar-refractivity contribution is 8.26. The highest BCUT2D eigenvalue weighted by Gasteiger charge is 2.31. The predicted octanol–water partition coefficient (Wildman–Crippen LogP) is 3.00. The predicted molar refractivity (Wildman–Crippen MR) is 111 cm³/mol. The van der Waals surface area contributed by atoms with Crippen LogP contribution in [0, 0.1) is 0 Å². The van der Waals surface area contributed by atoms with E-state index in [1.165, 1.54) is 16.7 Å². The number of benzene rings is 2. The summed E-state index contributed by atoms with van der Waals surface area (Å²) >= 11 is 6.48. The van der Waals surface area contributed by atoms with Crippen LogP contribution in [0.4, 0.5) is 0 Å². The normalized spacial score (nSPS) is 15.3. The molecule has 0 unspecified atom stereocenters. The number of aliphatic carboxylic acids is 1. The third-order valence-electron chi connectivity index (χ3n) is 4.08. The van der Waals surface area contributed by atoms with Gasteiger partial charge in [-0.3, -0.25) is 9.69 Å². The number of thioether (sulfide) groups is 1. The molecule has 0 radical (unpaired) electrons. The summed E-state index contributed by atoms with van der Waals surface area (Å²) in [5.74, 6) is -0.676. The maximum Gasteiger partial charge on any atom is 0.266 e. The molecule has 0 N–H and O–H groups in total. The first-order valence-electron chi connectivity index (χ1n) is 8.75. The molecule has 1 aliphatic rings. The highest BCUT2D eigenvalue weighted by Crippen LogP contribution is 2.34. The standard InChI is InChI=1S/C21H19NO4S2/c23-19(24)11-6-12-22-20(25)18(28-21(22)27)13-16-9-4-5-10-17(16)26-14-15-7-2-1-3-8-15/h1-5,7-10,13H,6,11-12,14H2,(H,23,24)/p-1/b18-13+. The Bertz CT molecular complexity index is 912. The van der Waals surface area contributed by atoms with Crippen LogP contribution in [0.15, 0.2) is 59.5 Å². The van der Waals surface area contributed by atoms with Crippen molar-refractivity contribution in [3.05, 3.63) is 70.6 Å². The van der Waals surface area contributed by atoms with Crippen molar-refractivity contribution in [3.8, 4) is 5.75 Å². The number of amides is 1. The van der Waals surface area contributed by atoms with Gasteiger partial charge >= 0.3 is 0 Å². The molecular formula is C21H18NO4S2-. The van der Waals surface area contributed by atoms with Gasteiger partial charge in [-0.05, 0) is 30.5 Å². The summed E-state index contributed by atoms with van der Waals surface area (Å²) in [6, 6.07) is 17.3. The number of carbonyl (C=O) groups is 2. The van der Waals surface area contributed by atoms with Gasteiger partial charge in [0.1, 0.15) is 16.7 Å². The van der Waals surface area contributed by atoms with E-state index in [-0.39, 0.29) is 18.9 Å². The van der Waals surface area contributed by atoms with Crippen LogP contribution in [0.1, 0.15) is 24.0 Å². The van der Waals surface area contributed by atoms with Gasteiger partial charge in [0, 0.05) is 18.1 Å². The first-order chi connectivity index (χ1) is 13.5. The lowest BCUT2D eigenvalue weighted by atomic mass is 10.1. The summed E-state index contributed by atoms with van der Waals surface area (Å²) in [4.78, 5) is 25.1. The molecule has 144 valence electrons. The highest BCUT2D eigenvalue weighted by atomic mass is 32.2. The zero-order chi connectivity index (χ0) is 19.9. The fraction of sp³-hybridized carbons (Fsp3) is 0.190. The molecule has 5 nitrogen and oxygen atoms in total. The number of ether oxygens (including phenoxy) is 1. The molecule has 28 heavy (non-hydrogen) atoms. The largest absolute Gasteiger partial charge is 0.550 e. The molecule has 1 fully saturated rings. The molecule has 2 aromatic rings. The topological polar surface area (TPSA) is 69.7 Å². The van der Waals surface area contributed by atoms with Crippen molar-refractivity contribution in [3.63, 3.8) is 0 Å². The van der Waals surface area contributed by atoms with E-state index in [2.05, 4.69) is 0 Å². The molecule has 0 bridgehead atoms. The Hall–Kier alpha value is -2.64. The van der Waals surface area contributed by atoms with E-state index >= 15 is 0 Å². The molecule has 1 heterocycles. The summed E-state index contributed by atoms with van der Waals surface area (Å²) in [6.07, 6.45) is 1.96. The van der Waals surface area contributed by atoms with Gasteiger partial charge in [0.15, 0.2) is 0 Å². The van der Waals surface area contributed by atoms with Gasteiger partial charge in [-0.25, -0.2) is 0 Å². The van der Waals surface area contributed by atoms with Gasteiger partial charge < -0.3 is 14.6 Å². The number of carboxylic acid groups (broad SMARTS) is 1. The molecular weight excluding hydrogens is 394 g/mol. The fourth-order valence-electron chi connectivity index (χ4n) is 2.68. The lowest BCUT2D eigenvalue weighted by Crippen LogP contribution is -2.30. The number of carboxylic acids is 1. The number of thiocarbonyl (C=S) groups is 1. The van der Waals surface area contributed by atoms with Crippen molar-refractivity contribution in [1.82, 2.24) is 4.90 Å². The van der Waals surface area contributed by atoms with E-state index in [0.717, 1.165) is 11.1 Å². The van der Waals surface area contributed by atoms with Crippen LogP contribution in [0.25, 0.3) is 6.08 Å². The minimum absolute atomic E-state index is 0.105. The summed E-state index contributed by atoms with van der Waals surface area (Å²) in [5.41, 5.74) is 1.84. The lowest BCUT2D eigenvalue weighted by molar-refractivity contribution is -0.305. The minimum Gasteiger partial charge on any atom is -0.550 e. The Morgan fingerprint density at radius 1 is 1.14 bits per heavy atom. The second kappa shape index (κ2) is 9.52. The Balaban J connectivity index is 1.72. The van der Waals surface area contributed by atoms with Crippen molar-refractivity contribution >= 4 is 46.3 Å². The first-order valence-corrected chi connectivity index (χ1v) is 9.98. The maximum atomic E-state index is 12.6. The van der Waals surface area contributed by atoms with Crippen LogP contribution in [0.3, 0.4) is 0 Å². The SMILES string of the molecule is O=C([O-])CCCN1C(=O)/C(=C\c2ccccc2OCc2ccccc2)SC1=S. The van der Waals surface area contributed by atoms with Crippen molar-refractivity contribution < 1.29 is 19.4 Å². The Morgan fingerprint density at radius 2 is 1.86 bits per heavy atom. The quantitative estimate of drug-likeness (QED) is 0.490. The summed E-state index contributed by atoms with van der Waals surface area (Å²) in [5, 5.41) is 10.6. The van der Waals surface area contributed by atoms with Crippen molar-refractivity contribution in [1.29, 1.82) is 0 Å². The number of rotatable bonds is 8. The van der Waals surface area contributed by atoms with Gasteiger partial charge in [-0.15, -0.1) is 0 Å². The van der Waals surface area contributed by atoms with Crippen molar-refractivity contribution in [2.45, 2.75) is 19.4 Å². The molecule has 1 aliphatic heterocycles. The monoisotopic (exact) mass is 412 g/mol. The van der Waals surface area contributed by atoms with E-state index in [0.29, 0.717) is 28.0 Å². The average molecular weight is 413 g/mol. The van der Waals surface area contributed by atoms with Gasteiger partial charge in [0.25, 0.3) is 5.91 Å². The number of nitrogens with zero attached hydrogens (tertiary/aromatic N) is 1. The zero-order valence-corrected chi connectivity index (χ0v) is 16.6. The second-order valence-corrected chi connectivity index (χ2v) is 7.80. The van der Waals surface area contributed by atoms with E-state index < -0.39 is 5.97 Å². The molecule has 1 amide bonds. The molecule has 1 saturated heterocycles. The fourth-order valence-corrected chi connectivity index (χ4v) is 3.98. The summed E-state index contributed by atoms with van der Waals surface area (Å²) < 4.78 is 6.36. The van der Waals surface area contributed by atoms with Crippen LogP contribution in [-0.2, 0) is 16.2 Å². The number of carbonyl (C=O) groups excluding carboxylic acids is 2. The van der Waals surface area contributed by atoms with E-state index in [1.54, 1.807) is 6.08 Å². The third kappa shape index (κ3) is 5.21. The van der Waals surface area contributed by atoms with Crippen molar-refractivity contribution in [2.24, 2.45) is 0 Å². The van der Waals surface area contributed by atoms with E-state index in [9.17, 15) is 14.7 Å². The molecule has 0 saturated carbocycles. The molecule has 2 aromatic carbocycles. The van der Waals surface area contributed by atoms with Gasteiger partial charge in [0.2, 0.25) is 0 Å². The molecule has 3 rings (SSSR count). The van der Waals surface area contributed by atoms with E-state index in [1.807, 2.05) is 54.6 Å². The van der Waals surface area contributed by atoms with Crippen LogP contribution < -0.4 is 9.84 Å². The van der Waals surface area contributed by atoms with Crippen LogP contribution in [-0.4, -0.2) is 27.6 Å². The Kier molecular flexibility index (Phi) is 6.84. The van der Waals surface area contributed by atoms with Crippen LogP contribution in [0.5, 0.6) is 5.75 Å². The zero-order valence-electron chi connectivity index (χ0n) is 15.0. The summed E-state index contributed by atoms with van der Waals surface area (Å²) in [7, 11) is 0. The van der Waals surface area contributed by atoms with E-state index in [4.69, 9.17) is 17.0 Å².